The molecule has 1 aromatic rings. The summed E-state index contributed by atoms with van der Waals surface area (Å²) in [6.45, 7) is 2.32. The molecule has 8 nitrogen and oxygen atoms in total. The Balaban J connectivity index is 2.16. The van der Waals surface area contributed by atoms with E-state index < -0.39 is 0 Å². The van der Waals surface area contributed by atoms with E-state index in [1.165, 1.54) is 6.42 Å². The van der Waals surface area contributed by atoms with E-state index in [0.717, 1.165) is 25.9 Å². The summed E-state index contributed by atoms with van der Waals surface area (Å²) in [6, 6.07) is 0. The quantitative estimate of drug-likeness (QED) is 0.412. The van der Waals surface area contributed by atoms with E-state index in [0.29, 0.717) is 24.4 Å². The molecule has 1 aromatic heterocycles. The van der Waals surface area contributed by atoms with Gasteiger partial charge in [0.05, 0.1) is 6.61 Å². The molecule has 0 amide bonds. The third kappa shape index (κ3) is 3.17. The van der Waals surface area contributed by atoms with Gasteiger partial charge in [0.1, 0.15) is 0 Å². The van der Waals surface area contributed by atoms with Crippen LogP contribution in [-0.4, -0.2) is 46.3 Å². The second kappa shape index (κ2) is 6.31. The van der Waals surface area contributed by atoms with Crippen molar-refractivity contribution in [3.05, 3.63) is 0 Å². The van der Waals surface area contributed by atoms with E-state index in [1.54, 1.807) is 0 Å². The molecule has 8 heteroatoms. The summed E-state index contributed by atoms with van der Waals surface area (Å²) in [5.74, 6) is 6.72. The minimum atomic E-state index is 0.0239. The molecule has 100 valence electrons. The van der Waals surface area contributed by atoms with E-state index >= 15 is 0 Å². The highest BCUT2D eigenvalue weighted by atomic mass is 16.3. The average molecular weight is 253 g/mol. The number of hydrazine groups is 1. The highest BCUT2D eigenvalue weighted by molar-refractivity contribution is 5.43. The lowest BCUT2D eigenvalue weighted by Crippen LogP contribution is -2.32. The lowest BCUT2D eigenvalue weighted by Gasteiger charge is -2.26. The minimum Gasteiger partial charge on any atom is -0.395 e. The number of rotatable bonds is 5. The van der Waals surface area contributed by atoms with Crippen LogP contribution in [0.1, 0.15) is 19.3 Å². The van der Waals surface area contributed by atoms with Crippen LogP contribution in [0.4, 0.5) is 17.8 Å². The predicted molar refractivity (Wildman–Crippen MR) is 69.3 cm³/mol. The SMILES string of the molecule is NNc1nc(NCCO)nc(N2CCCCC2)n1. The predicted octanol–water partition coefficient (Wildman–Crippen LogP) is -0.448. The van der Waals surface area contributed by atoms with E-state index in [-0.39, 0.29) is 6.61 Å². The van der Waals surface area contributed by atoms with E-state index in [4.69, 9.17) is 10.9 Å². The Kier molecular flexibility index (Phi) is 4.48. The van der Waals surface area contributed by atoms with E-state index in [1.807, 2.05) is 0 Å². The standard InChI is InChI=1S/C10H19N7O/c11-16-9-13-8(12-4-7-18)14-10(15-9)17-5-2-1-3-6-17/h18H,1-7,11H2,(H2,12,13,14,15,16). The number of aromatic nitrogens is 3. The Hall–Kier alpha value is -1.67. The molecule has 0 atom stereocenters. The minimum absolute atomic E-state index is 0.0239. The number of hydrogen-bond donors (Lipinski definition) is 4. The maximum absolute atomic E-state index is 8.79. The normalized spacial score (nSPS) is 15.6. The molecule has 0 aromatic carbocycles. The molecule has 1 fully saturated rings. The topological polar surface area (TPSA) is 112 Å². The zero-order valence-electron chi connectivity index (χ0n) is 10.3. The van der Waals surface area contributed by atoms with Gasteiger partial charge in [-0.3, -0.25) is 5.43 Å². The Bertz CT molecular complexity index is 380. The van der Waals surface area contributed by atoms with Crippen molar-refractivity contribution in [1.29, 1.82) is 0 Å². The van der Waals surface area contributed by atoms with Gasteiger partial charge in [-0.1, -0.05) is 0 Å². The van der Waals surface area contributed by atoms with Crippen LogP contribution in [0, 0.1) is 0 Å². The number of anilines is 3. The molecule has 1 aliphatic heterocycles. The Labute approximate surface area is 106 Å². The summed E-state index contributed by atoms with van der Waals surface area (Å²) < 4.78 is 0. The third-order valence-electron chi connectivity index (χ3n) is 2.79. The highest BCUT2D eigenvalue weighted by Crippen LogP contribution is 2.17. The van der Waals surface area contributed by atoms with Crippen molar-refractivity contribution < 1.29 is 5.11 Å². The van der Waals surface area contributed by atoms with Gasteiger partial charge in [-0.15, -0.1) is 0 Å². The van der Waals surface area contributed by atoms with Gasteiger partial charge in [0.15, 0.2) is 0 Å². The second-order valence-corrected chi connectivity index (χ2v) is 4.13. The maximum Gasteiger partial charge on any atom is 0.243 e. The average Bonchev–Trinajstić information content (AvgIpc) is 2.45. The van der Waals surface area contributed by atoms with Crippen molar-refractivity contribution >= 4 is 17.8 Å². The molecule has 0 saturated carbocycles. The summed E-state index contributed by atoms with van der Waals surface area (Å²) in [7, 11) is 0. The van der Waals surface area contributed by atoms with Gasteiger partial charge >= 0.3 is 0 Å². The fourth-order valence-corrected chi connectivity index (χ4v) is 1.91. The van der Waals surface area contributed by atoms with E-state index in [9.17, 15) is 0 Å². The van der Waals surface area contributed by atoms with Crippen LogP contribution in [0.15, 0.2) is 0 Å². The first kappa shape index (κ1) is 12.8. The van der Waals surface area contributed by atoms with Crippen molar-refractivity contribution in [3.8, 4) is 0 Å². The van der Waals surface area contributed by atoms with Crippen molar-refractivity contribution in [2.45, 2.75) is 19.3 Å². The molecule has 5 N–H and O–H groups in total. The smallest absolute Gasteiger partial charge is 0.243 e. The Morgan fingerprint density at radius 2 is 1.83 bits per heavy atom. The fourth-order valence-electron chi connectivity index (χ4n) is 1.91. The van der Waals surface area contributed by atoms with E-state index in [2.05, 4.69) is 30.6 Å². The Morgan fingerprint density at radius 1 is 1.11 bits per heavy atom. The molecule has 0 radical (unpaired) electrons. The van der Waals surface area contributed by atoms with Crippen molar-refractivity contribution in [1.82, 2.24) is 15.0 Å². The van der Waals surface area contributed by atoms with Gasteiger partial charge < -0.3 is 15.3 Å². The maximum atomic E-state index is 8.79. The number of nitrogen functional groups attached to an aromatic ring is 1. The van der Waals surface area contributed by atoms with Crippen LogP contribution < -0.4 is 21.5 Å². The number of hydrogen-bond acceptors (Lipinski definition) is 8. The molecule has 1 saturated heterocycles. The summed E-state index contributed by atoms with van der Waals surface area (Å²) in [4.78, 5) is 14.8. The lowest BCUT2D eigenvalue weighted by molar-refractivity contribution is 0.311. The number of nitrogens with two attached hydrogens (primary N) is 1. The molecule has 0 aliphatic carbocycles. The molecule has 0 bridgehead atoms. The number of piperidine rings is 1. The summed E-state index contributed by atoms with van der Waals surface area (Å²) >= 11 is 0. The molecule has 0 unspecified atom stereocenters. The van der Waals surface area contributed by atoms with Crippen LogP contribution in [0.25, 0.3) is 0 Å². The molecule has 1 aliphatic rings. The van der Waals surface area contributed by atoms with Crippen LogP contribution >= 0.6 is 0 Å². The molecule has 2 heterocycles. The Morgan fingerprint density at radius 3 is 2.50 bits per heavy atom. The first-order valence-corrected chi connectivity index (χ1v) is 6.16. The van der Waals surface area contributed by atoms with Crippen molar-refractivity contribution in [2.24, 2.45) is 5.84 Å². The number of nitrogens with one attached hydrogen (secondary N) is 2. The van der Waals surface area contributed by atoms with Crippen LogP contribution in [-0.2, 0) is 0 Å². The van der Waals surface area contributed by atoms with Gasteiger partial charge in [-0.2, -0.15) is 15.0 Å². The summed E-state index contributed by atoms with van der Waals surface area (Å²) in [6.07, 6.45) is 3.55. The fraction of sp³-hybridized carbons (Fsp3) is 0.700. The van der Waals surface area contributed by atoms with Gasteiger partial charge in [-0.25, -0.2) is 5.84 Å². The lowest BCUT2D eigenvalue weighted by atomic mass is 10.1. The number of aliphatic hydroxyl groups excluding tert-OH is 1. The molecular weight excluding hydrogens is 234 g/mol. The largest absolute Gasteiger partial charge is 0.395 e. The molecule has 0 spiro atoms. The zero-order chi connectivity index (χ0) is 12.8. The molecule has 18 heavy (non-hydrogen) atoms. The van der Waals surface area contributed by atoms with Gasteiger partial charge in [0.2, 0.25) is 17.8 Å². The van der Waals surface area contributed by atoms with Crippen molar-refractivity contribution in [2.75, 3.05) is 41.9 Å². The van der Waals surface area contributed by atoms with Crippen LogP contribution in [0.5, 0.6) is 0 Å². The van der Waals surface area contributed by atoms with Gasteiger partial charge in [-0.05, 0) is 19.3 Å². The van der Waals surface area contributed by atoms with Crippen LogP contribution in [0.3, 0.4) is 0 Å². The third-order valence-corrected chi connectivity index (χ3v) is 2.79. The monoisotopic (exact) mass is 253 g/mol. The number of nitrogens with zero attached hydrogens (tertiary/aromatic N) is 4. The first-order valence-electron chi connectivity index (χ1n) is 6.16. The summed E-state index contributed by atoms with van der Waals surface area (Å²) in [5.41, 5.74) is 2.43. The van der Waals surface area contributed by atoms with Gasteiger partial charge in [0, 0.05) is 19.6 Å². The molecular formula is C10H19N7O. The first-order chi connectivity index (χ1) is 8.83. The summed E-state index contributed by atoms with van der Waals surface area (Å²) in [5, 5.41) is 11.7. The van der Waals surface area contributed by atoms with Crippen molar-refractivity contribution in [3.63, 3.8) is 0 Å². The van der Waals surface area contributed by atoms with Gasteiger partial charge in [0.25, 0.3) is 0 Å². The number of aliphatic hydroxyl groups is 1. The van der Waals surface area contributed by atoms with Crippen LogP contribution in [0.2, 0.25) is 0 Å². The molecule has 2 rings (SSSR count). The second-order valence-electron chi connectivity index (χ2n) is 4.13. The highest BCUT2D eigenvalue weighted by Gasteiger charge is 2.15. The zero-order valence-corrected chi connectivity index (χ0v) is 10.3.